The summed E-state index contributed by atoms with van der Waals surface area (Å²) in [7, 11) is 2.07. The van der Waals surface area contributed by atoms with Gasteiger partial charge in [-0.05, 0) is 18.6 Å². The number of nitrogens with two attached hydrogens (primary N) is 1. The van der Waals surface area contributed by atoms with Gasteiger partial charge in [0.15, 0.2) is 0 Å². The van der Waals surface area contributed by atoms with Gasteiger partial charge in [0, 0.05) is 30.9 Å². The first kappa shape index (κ1) is 5.98. The molecular formula is C8H12N2. The maximum Gasteiger partial charge on any atom is 0.0218 e. The van der Waals surface area contributed by atoms with Crippen LogP contribution in [0.5, 0.6) is 0 Å². The summed E-state index contributed by atoms with van der Waals surface area (Å²) in [6.45, 7) is 0. The normalized spacial score (nSPS) is 30.6. The highest BCUT2D eigenvalue weighted by atomic mass is 15.0. The zero-order valence-electron chi connectivity index (χ0n) is 6.12. The van der Waals surface area contributed by atoms with E-state index in [0.717, 1.165) is 6.42 Å². The largest absolute Gasteiger partial charge is 0.354 e. The van der Waals surface area contributed by atoms with E-state index < -0.39 is 0 Å². The van der Waals surface area contributed by atoms with Crippen LogP contribution in [0.25, 0.3) is 0 Å². The number of aromatic nitrogens is 1. The van der Waals surface area contributed by atoms with Gasteiger partial charge in [-0.1, -0.05) is 0 Å². The molecule has 0 radical (unpaired) electrons. The summed E-state index contributed by atoms with van der Waals surface area (Å²) in [4.78, 5) is 0. The first-order chi connectivity index (χ1) is 4.79. The third kappa shape index (κ3) is 0.762. The van der Waals surface area contributed by atoms with Crippen LogP contribution < -0.4 is 5.73 Å². The highest BCUT2D eigenvalue weighted by molar-refractivity contribution is 5.21. The van der Waals surface area contributed by atoms with Crippen molar-refractivity contribution in [1.29, 1.82) is 0 Å². The molecule has 1 fully saturated rings. The van der Waals surface area contributed by atoms with Gasteiger partial charge in [0.1, 0.15) is 0 Å². The fourth-order valence-corrected chi connectivity index (χ4v) is 1.41. The van der Waals surface area contributed by atoms with Crippen molar-refractivity contribution in [2.75, 3.05) is 0 Å². The minimum Gasteiger partial charge on any atom is -0.354 e. The number of rotatable bonds is 1. The van der Waals surface area contributed by atoms with Crippen LogP contribution in [0, 0.1) is 0 Å². The smallest absolute Gasteiger partial charge is 0.0218 e. The lowest BCUT2D eigenvalue weighted by molar-refractivity contribution is 0.813. The molecule has 0 bridgehead atoms. The molecule has 1 aliphatic rings. The number of nitrogens with zero attached hydrogens (tertiary/aromatic N) is 1. The van der Waals surface area contributed by atoms with Crippen molar-refractivity contribution in [2.45, 2.75) is 18.4 Å². The SMILES string of the molecule is Cn1cccc1C1CC1N. The second-order valence-electron chi connectivity index (χ2n) is 3.05. The average Bonchev–Trinajstić information content (AvgIpc) is 2.42. The van der Waals surface area contributed by atoms with E-state index in [1.165, 1.54) is 5.69 Å². The molecule has 1 aliphatic carbocycles. The second kappa shape index (κ2) is 1.86. The van der Waals surface area contributed by atoms with Gasteiger partial charge in [-0.3, -0.25) is 0 Å². The first-order valence-electron chi connectivity index (χ1n) is 3.66. The predicted octanol–water partition coefficient (Wildman–Crippen LogP) is 0.840. The molecule has 2 nitrogen and oxygen atoms in total. The number of aryl methyl sites for hydroxylation is 1. The highest BCUT2D eigenvalue weighted by Crippen LogP contribution is 2.38. The van der Waals surface area contributed by atoms with Gasteiger partial charge in [-0.15, -0.1) is 0 Å². The number of hydrogen-bond donors (Lipinski definition) is 1. The van der Waals surface area contributed by atoms with E-state index in [1.54, 1.807) is 0 Å². The lowest BCUT2D eigenvalue weighted by Crippen LogP contribution is -2.03. The Morgan fingerprint density at radius 1 is 1.70 bits per heavy atom. The molecule has 2 heteroatoms. The second-order valence-corrected chi connectivity index (χ2v) is 3.05. The van der Waals surface area contributed by atoms with Crippen molar-refractivity contribution in [1.82, 2.24) is 4.57 Å². The topological polar surface area (TPSA) is 30.9 Å². The van der Waals surface area contributed by atoms with Crippen LogP contribution in [0.4, 0.5) is 0 Å². The van der Waals surface area contributed by atoms with E-state index >= 15 is 0 Å². The quantitative estimate of drug-likeness (QED) is 0.609. The molecule has 2 N–H and O–H groups in total. The van der Waals surface area contributed by atoms with Crippen LogP contribution in [0.15, 0.2) is 18.3 Å². The Bertz CT molecular complexity index is 239. The minimum absolute atomic E-state index is 0.425. The van der Waals surface area contributed by atoms with Crippen LogP contribution in [0.2, 0.25) is 0 Å². The van der Waals surface area contributed by atoms with Crippen molar-refractivity contribution in [3.63, 3.8) is 0 Å². The van der Waals surface area contributed by atoms with Crippen molar-refractivity contribution >= 4 is 0 Å². The first-order valence-corrected chi connectivity index (χ1v) is 3.66. The van der Waals surface area contributed by atoms with Gasteiger partial charge in [-0.25, -0.2) is 0 Å². The summed E-state index contributed by atoms with van der Waals surface area (Å²) < 4.78 is 2.15. The molecule has 2 unspecified atom stereocenters. The summed E-state index contributed by atoms with van der Waals surface area (Å²) in [5.74, 6) is 0.639. The summed E-state index contributed by atoms with van der Waals surface area (Å²) in [6, 6.07) is 4.64. The van der Waals surface area contributed by atoms with Gasteiger partial charge in [0.2, 0.25) is 0 Å². The van der Waals surface area contributed by atoms with Crippen LogP contribution in [0.1, 0.15) is 18.0 Å². The molecular weight excluding hydrogens is 124 g/mol. The van der Waals surface area contributed by atoms with Crippen LogP contribution in [0.3, 0.4) is 0 Å². The van der Waals surface area contributed by atoms with Gasteiger partial charge in [-0.2, -0.15) is 0 Å². The zero-order valence-corrected chi connectivity index (χ0v) is 6.12. The molecule has 0 aliphatic heterocycles. The minimum atomic E-state index is 0.425. The van der Waals surface area contributed by atoms with Crippen molar-refractivity contribution in [2.24, 2.45) is 12.8 Å². The third-order valence-corrected chi connectivity index (χ3v) is 2.20. The maximum atomic E-state index is 5.71. The van der Waals surface area contributed by atoms with E-state index in [0.29, 0.717) is 12.0 Å². The van der Waals surface area contributed by atoms with Gasteiger partial charge in [0.05, 0.1) is 0 Å². The van der Waals surface area contributed by atoms with Gasteiger partial charge >= 0.3 is 0 Å². The maximum absolute atomic E-state index is 5.71. The standard InChI is InChI=1S/C8H12N2/c1-10-4-2-3-8(10)6-5-7(6)9/h2-4,6-7H,5,9H2,1H3. The van der Waals surface area contributed by atoms with Crippen molar-refractivity contribution in [3.05, 3.63) is 24.0 Å². The van der Waals surface area contributed by atoms with E-state index in [4.69, 9.17) is 5.73 Å². The molecule has 1 aromatic rings. The molecule has 1 saturated carbocycles. The van der Waals surface area contributed by atoms with Crippen molar-refractivity contribution < 1.29 is 0 Å². The summed E-state index contributed by atoms with van der Waals surface area (Å²) in [5, 5.41) is 0. The molecule has 0 spiro atoms. The summed E-state index contributed by atoms with van der Waals surface area (Å²) >= 11 is 0. The molecule has 0 aromatic carbocycles. The van der Waals surface area contributed by atoms with E-state index in [9.17, 15) is 0 Å². The number of hydrogen-bond acceptors (Lipinski definition) is 1. The highest BCUT2D eigenvalue weighted by Gasteiger charge is 2.36. The Hall–Kier alpha value is -0.760. The fourth-order valence-electron chi connectivity index (χ4n) is 1.41. The van der Waals surface area contributed by atoms with Crippen molar-refractivity contribution in [3.8, 4) is 0 Å². The van der Waals surface area contributed by atoms with E-state index in [-0.39, 0.29) is 0 Å². The third-order valence-electron chi connectivity index (χ3n) is 2.20. The summed E-state index contributed by atoms with van der Waals surface area (Å²) in [5.41, 5.74) is 7.10. The Labute approximate surface area is 60.6 Å². The predicted molar refractivity (Wildman–Crippen MR) is 40.7 cm³/mol. The molecule has 54 valence electrons. The van der Waals surface area contributed by atoms with E-state index in [1.807, 2.05) is 0 Å². The van der Waals surface area contributed by atoms with Gasteiger partial charge in [0.25, 0.3) is 0 Å². The fraction of sp³-hybridized carbons (Fsp3) is 0.500. The Morgan fingerprint density at radius 3 is 2.80 bits per heavy atom. The Kier molecular flexibility index (Phi) is 1.11. The zero-order chi connectivity index (χ0) is 7.14. The Balaban J connectivity index is 2.26. The average molecular weight is 136 g/mol. The van der Waals surface area contributed by atoms with E-state index in [2.05, 4.69) is 29.9 Å². The Morgan fingerprint density at radius 2 is 2.40 bits per heavy atom. The van der Waals surface area contributed by atoms with Gasteiger partial charge < -0.3 is 10.3 Å². The van der Waals surface area contributed by atoms with Crippen LogP contribution >= 0.6 is 0 Å². The molecule has 0 amide bonds. The molecule has 1 heterocycles. The lowest BCUT2D eigenvalue weighted by atomic mass is 10.3. The summed E-state index contributed by atoms with van der Waals surface area (Å²) in [6.07, 6.45) is 3.23. The molecule has 1 aromatic heterocycles. The van der Waals surface area contributed by atoms with Crippen LogP contribution in [-0.2, 0) is 7.05 Å². The van der Waals surface area contributed by atoms with Crippen LogP contribution in [-0.4, -0.2) is 10.6 Å². The molecule has 10 heavy (non-hydrogen) atoms. The molecule has 2 rings (SSSR count). The molecule has 2 atom stereocenters. The molecule has 0 saturated heterocycles. The lowest BCUT2D eigenvalue weighted by Gasteiger charge is -1.98. The monoisotopic (exact) mass is 136 g/mol.